The second-order valence-electron chi connectivity index (χ2n) is 4.07. The maximum atomic E-state index is 13.5. The molecule has 5 heteroatoms. The number of methoxy groups -OCH3 is 1. The fourth-order valence-corrected chi connectivity index (χ4v) is 1.92. The standard InChI is InChI=1S/C15H15BrFNO2/c1-19-13-6-7-14(17)15(10-13)18-8-9-20-12-4-2-11(16)3-5-12/h2-7,10,18H,8-9H2,1H3. The lowest BCUT2D eigenvalue weighted by Gasteiger charge is -2.10. The first-order chi connectivity index (χ1) is 9.69. The first-order valence-corrected chi connectivity index (χ1v) is 6.94. The van der Waals surface area contributed by atoms with Gasteiger partial charge in [0.05, 0.1) is 12.8 Å². The van der Waals surface area contributed by atoms with Gasteiger partial charge in [0.1, 0.15) is 23.9 Å². The number of hydrogen-bond donors (Lipinski definition) is 1. The smallest absolute Gasteiger partial charge is 0.146 e. The first kappa shape index (κ1) is 14.7. The number of rotatable bonds is 6. The van der Waals surface area contributed by atoms with Crippen molar-refractivity contribution in [3.63, 3.8) is 0 Å². The van der Waals surface area contributed by atoms with Crippen molar-refractivity contribution in [2.45, 2.75) is 0 Å². The van der Waals surface area contributed by atoms with Crippen LogP contribution in [0, 0.1) is 5.82 Å². The summed E-state index contributed by atoms with van der Waals surface area (Å²) in [6, 6.07) is 12.1. The molecule has 3 nitrogen and oxygen atoms in total. The molecule has 0 saturated heterocycles. The van der Waals surface area contributed by atoms with Crippen LogP contribution in [0.4, 0.5) is 10.1 Å². The summed E-state index contributed by atoms with van der Waals surface area (Å²) in [5, 5.41) is 2.98. The van der Waals surface area contributed by atoms with Gasteiger partial charge in [-0.3, -0.25) is 0 Å². The minimum atomic E-state index is -0.311. The van der Waals surface area contributed by atoms with E-state index in [1.54, 1.807) is 19.2 Å². The van der Waals surface area contributed by atoms with Gasteiger partial charge in [-0.1, -0.05) is 15.9 Å². The molecule has 0 atom stereocenters. The summed E-state index contributed by atoms with van der Waals surface area (Å²) in [7, 11) is 1.55. The Hall–Kier alpha value is -1.75. The molecule has 0 saturated carbocycles. The van der Waals surface area contributed by atoms with E-state index < -0.39 is 0 Å². The molecule has 0 spiro atoms. The fraction of sp³-hybridized carbons (Fsp3) is 0.200. The van der Waals surface area contributed by atoms with Crippen LogP contribution in [0.15, 0.2) is 46.9 Å². The van der Waals surface area contributed by atoms with Gasteiger partial charge in [0.2, 0.25) is 0 Å². The van der Waals surface area contributed by atoms with Gasteiger partial charge in [0.25, 0.3) is 0 Å². The van der Waals surface area contributed by atoms with Crippen molar-refractivity contribution in [1.29, 1.82) is 0 Å². The van der Waals surface area contributed by atoms with Crippen LogP contribution < -0.4 is 14.8 Å². The highest BCUT2D eigenvalue weighted by molar-refractivity contribution is 9.10. The molecule has 0 aliphatic heterocycles. The molecule has 1 N–H and O–H groups in total. The van der Waals surface area contributed by atoms with E-state index >= 15 is 0 Å². The number of halogens is 2. The predicted molar refractivity (Wildman–Crippen MR) is 81.1 cm³/mol. The fourth-order valence-electron chi connectivity index (χ4n) is 1.65. The van der Waals surface area contributed by atoms with Crippen LogP contribution in [0.5, 0.6) is 11.5 Å². The minimum absolute atomic E-state index is 0.311. The summed E-state index contributed by atoms with van der Waals surface area (Å²) in [6.45, 7) is 0.943. The number of anilines is 1. The Balaban J connectivity index is 1.82. The van der Waals surface area contributed by atoms with E-state index in [2.05, 4.69) is 21.2 Å². The lowest BCUT2D eigenvalue weighted by molar-refractivity contribution is 0.332. The van der Waals surface area contributed by atoms with Gasteiger partial charge in [-0.05, 0) is 36.4 Å². The van der Waals surface area contributed by atoms with Crippen LogP contribution in [0.1, 0.15) is 0 Å². The van der Waals surface area contributed by atoms with Crippen LogP contribution in [0.3, 0.4) is 0 Å². The SMILES string of the molecule is COc1ccc(F)c(NCCOc2ccc(Br)cc2)c1. The molecule has 20 heavy (non-hydrogen) atoms. The molecule has 106 valence electrons. The average Bonchev–Trinajstić information content (AvgIpc) is 2.47. The Labute approximate surface area is 125 Å². The molecule has 0 radical (unpaired) electrons. The van der Waals surface area contributed by atoms with Crippen molar-refractivity contribution in [2.24, 2.45) is 0 Å². The molecule has 0 fully saturated rings. The van der Waals surface area contributed by atoms with Gasteiger partial charge in [-0.25, -0.2) is 4.39 Å². The maximum Gasteiger partial charge on any atom is 0.146 e. The first-order valence-electron chi connectivity index (χ1n) is 6.15. The summed E-state index contributed by atoms with van der Waals surface area (Å²) in [5.41, 5.74) is 0.406. The molecule has 2 aromatic rings. The van der Waals surface area contributed by atoms with Crippen LogP contribution in [-0.2, 0) is 0 Å². The van der Waals surface area contributed by atoms with Crippen molar-refractivity contribution < 1.29 is 13.9 Å². The van der Waals surface area contributed by atoms with Gasteiger partial charge in [0, 0.05) is 17.1 Å². The average molecular weight is 340 g/mol. The summed E-state index contributed by atoms with van der Waals surface area (Å²) in [4.78, 5) is 0. The largest absolute Gasteiger partial charge is 0.497 e. The molecule has 0 bridgehead atoms. The quantitative estimate of drug-likeness (QED) is 0.804. The minimum Gasteiger partial charge on any atom is -0.497 e. The van der Waals surface area contributed by atoms with E-state index in [-0.39, 0.29) is 5.82 Å². The van der Waals surface area contributed by atoms with Crippen molar-refractivity contribution in [3.8, 4) is 11.5 Å². The van der Waals surface area contributed by atoms with Crippen LogP contribution in [0.25, 0.3) is 0 Å². The van der Waals surface area contributed by atoms with Gasteiger partial charge in [-0.2, -0.15) is 0 Å². The molecule has 0 amide bonds. The molecule has 0 unspecified atom stereocenters. The molecular weight excluding hydrogens is 325 g/mol. The van der Waals surface area contributed by atoms with Gasteiger partial charge >= 0.3 is 0 Å². The third kappa shape index (κ3) is 4.13. The highest BCUT2D eigenvalue weighted by Crippen LogP contribution is 2.21. The Morgan fingerprint density at radius 1 is 1.10 bits per heavy atom. The Morgan fingerprint density at radius 2 is 1.80 bits per heavy atom. The predicted octanol–water partition coefficient (Wildman–Crippen LogP) is 4.09. The number of benzene rings is 2. The van der Waals surface area contributed by atoms with Crippen molar-refractivity contribution in [2.75, 3.05) is 25.6 Å². The number of nitrogens with one attached hydrogen (secondary N) is 1. The zero-order chi connectivity index (χ0) is 14.4. The summed E-state index contributed by atoms with van der Waals surface area (Å²) >= 11 is 3.36. The molecular formula is C15H15BrFNO2. The van der Waals surface area contributed by atoms with E-state index in [9.17, 15) is 4.39 Å². The highest BCUT2D eigenvalue weighted by Gasteiger charge is 2.03. The number of hydrogen-bond acceptors (Lipinski definition) is 3. The molecule has 2 rings (SSSR count). The maximum absolute atomic E-state index is 13.5. The van der Waals surface area contributed by atoms with Crippen molar-refractivity contribution in [3.05, 3.63) is 52.8 Å². The van der Waals surface area contributed by atoms with Gasteiger partial charge in [-0.15, -0.1) is 0 Å². The lowest BCUT2D eigenvalue weighted by Crippen LogP contribution is -2.12. The Bertz CT molecular complexity index is 560. The molecule has 0 aliphatic rings. The molecule has 0 heterocycles. The topological polar surface area (TPSA) is 30.5 Å². The summed E-state index contributed by atoms with van der Waals surface area (Å²) in [5.74, 6) is 1.08. The number of ether oxygens (including phenoxy) is 2. The zero-order valence-corrected chi connectivity index (χ0v) is 12.6. The van der Waals surface area contributed by atoms with Crippen LogP contribution in [0.2, 0.25) is 0 Å². The van der Waals surface area contributed by atoms with Crippen LogP contribution >= 0.6 is 15.9 Å². The second-order valence-corrected chi connectivity index (χ2v) is 4.99. The molecule has 0 aromatic heterocycles. The monoisotopic (exact) mass is 339 g/mol. The van der Waals surface area contributed by atoms with E-state index in [4.69, 9.17) is 9.47 Å². The zero-order valence-electron chi connectivity index (χ0n) is 11.0. The second kappa shape index (κ2) is 7.14. The van der Waals surface area contributed by atoms with E-state index in [1.165, 1.54) is 6.07 Å². The van der Waals surface area contributed by atoms with Gasteiger partial charge in [0.15, 0.2) is 0 Å². The normalized spacial score (nSPS) is 10.2. The summed E-state index contributed by atoms with van der Waals surface area (Å²) in [6.07, 6.45) is 0. The van der Waals surface area contributed by atoms with Crippen LogP contribution in [-0.4, -0.2) is 20.3 Å². The molecule has 0 aliphatic carbocycles. The van der Waals surface area contributed by atoms with Gasteiger partial charge < -0.3 is 14.8 Å². The highest BCUT2D eigenvalue weighted by atomic mass is 79.9. The van der Waals surface area contributed by atoms with E-state index in [1.807, 2.05) is 24.3 Å². The Morgan fingerprint density at radius 3 is 2.50 bits per heavy atom. The molecule has 2 aromatic carbocycles. The van der Waals surface area contributed by atoms with E-state index in [0.717, 1.165) is 10.2 Å². The summed E-state index contributed by atoms with van der Waals surface area (Å²) < 4.78 is 25.1. The van der Waals surface area contributed by atoms with Crippen molar-refractivity contribution >= 4 is 21.6 Å². The lowest BCUT2D eigenvalue weighted by atomic mass is 10.3. The Kier molecular flexibility index (Phi) is 5.24. The third-order valence-corrected chi connectivity index (χ3v) is 3.20. The third-order valence-electron chi connectivity index (χ3n) is 2.67. The van der Waals surface area contributed by atoms with E-state index in [0.29, 0.717) is 24.6 Å². The van der Waals surface area contributed by atoms with Crippen molar-refractivity contribution in [1.82, 2.24) is 0 Å².